The number of para-hydroxylation sites is 2. The normalized spacial score (nSPS) is 14.5. The number of halogens is 1. The van der Waals surface area contributed by atoms with Crippen molar-refractivity contribution in [3.63, 3.8) is 0 Å². The van der Waals surface area contributed by atoms with Crippen LogP contribution in [-0.4, -0.2) is 39.6 Å². The molecule has 2 aromatic carbocycles. The Morgan fingerprint density at radius 2 is 1.90 bits per heavy atom. The number of hydrogen-bond acceptors (Lipinski definition) is 7. The second kappa shape index (κ2) is 13.9. The van der Waals surface area contributed by atoms with Gasteiger partial charge in [0.1, 0.15) is 17.5 Å². The minimum Gasteiger partial charge on any atom is -0.493 e. The number of fused-ring (bicyclic) bond motifs is 1. The first-order valence-corrected chi connectivity index (χ1v) is 15.3. The summed E-state index contributed by atoms with van der Waals surface area (Å²) in [5, 5.41) is 11.9. The highest BCUT2D eigenvalue weighted by atomic mass is 79.9. The number of anilines is 2. The molecule has 1 aliphatic heterocycles. The summed E-state index contributed by atoms with van der Waals surface area (Å²) in [5.74, 6) is 2.61. The second-order valence-electron chi connectivity index (χ2n) is 9.20. The Morgan fingerprint density at radius 3 is 2.67 bits per heavy atom. The summed E-state index contributed by atoms with van der Waals surface area (Å²) < 4.78 is 14.7. The van der Waals surface area contributed by atoms with Crippen molar-refractivity contribution >= 4 is 45.2 Å². The number of thioether (sulfide) groups is 1. The Morgan fingerprint density at radius 1 is 1.10 bits per heavy atom. The molecule has 1 atom stereocenters. The first-order chi connectivity index (χ1) is 19.0. The summed E-state index contributed by atoms with van der Waals surface area (Å²) in [7, 11) is 0. The molecule has 2 heterocycles. The summed E-state index contributed by atoms with van der Waals surface area (Å²) >= 11 is 5.25. The smallest absolute Gasteiger partial charge is 0.255 e. The van der Waals surface area contributed by atoms with Crippen molar-refractivity contribution in [3.05, 3.63) is 63.8 Å². The van der Waals surface area contributed by atoms with Gasteiger partial charge in [-0.2, -0.15) is 4.98 Å². The molecule has 0 radical (unpaired) electrons. The minimum atomic E-state index is -0.553. The van der Waals surface area contributed by atoms with Crippen LogP contribution in [0.4, 0.5) is 11.6 Å². The molecule has 0 spiro atoms. The highest BCUT2D eigenvalue weighted by Gasteiger charge is 2.36. The number of carbonyl (C=O) groups is 1. The second-order valence-corrected chi connectivity index (χ2v) is 11.2. The van der Waals surface area contributed by atoms with Crippen molar-refractivity contribution in [2.45, 2.75) is 64.6 Å². The molecular formula is C29H36BrN5O3S. The lowest BCUT2D eigenvalue weighted by Crippen LogP contribution is -2.32. The van der Waals surface area contributed by atoms with E-state index in [2.05, 4.69) is 40.4 Å². The third-order valence-electron chi connectivity index (χ3n) is 6.26. The molecular weight excluding hydrogens is 578 g/mol. The van der Waals surface area contributed by atoms with Gasteiger partial charge in [0, 0.05) is 21.5 Å². The third kappa shape index (κ3) is 6.97. The molecule has 39 heavy (non-hydrogen) atoms. The molecule has 8 nitrogen and oxygen atoms in total. The molecule has 0 saturated heterocycles. The Hall–Kier alpha value is -2.98. The maximum absolute atomic E-state index is 14.0. The molecule has 0 aliphatic carbocycles. The number of ether oxygens (including phenoxy) is 2. The first kappa shape index (κ1) is 29.0. The molecule has 1 aromatic heterocycles. The van der Waals surface area contributed by atoms with Crippen LogP contribution >= 0.6 is 27.7 Å². The third-order valence-corrected chi connectivity index (χ3v) is 7.68. The van der Waals surface area contributed by atoms with Crippen LogP contribution in [0.15, 0.2) is 63.4 Å². The highest BCUT2D eigenvalue weighted by Crippen LogP contribution is 2.41. The number of hydrogen-bond donors (Lipinski definition) is 2. The summed E-state index contributed by atoms with van der Waals surface area (Å²) in [4.78, 5) is 18.8. The average Bonchev–Trinajstić information content (AvgIpc) is 3.32. The largest absolute Gasteiger partial charge is 0.493 e. The molecule has 0 saturated carbocycles. The van der Waals surface area contributed by atoms with E-state index in [4.69, 9.17) is 19.6 Å². The topological polar surface area (TPSA) is 90.3 Å². The zero-order chi connectivity index (χ0) is 27.8. The lowest BCUT2D eigenvalue weighted by Gasteiger charge is -2.30. The van der Waals surface area contributed by atoms with Gasteiger partial charge in [0.05, 0.1) is 24.5 Å². The summed E-state index contributed by atoms with van der Waals surface area (Å²) in [6.45, 7) is 9.20. The van der Waals surface area contributed by atoms with E-state index in [1.165, 1.54) is 0 Å². The SMILES string of the molecule is CCCCOc1ccc(Br)cc1C1C(C(=O)Nc2ccccc2OCC)=C(C)Nc2nc(SCCCC)nn21. The standard InChI is InChI=1S/C29H36BrN5O3S/c1-5-8-16-38-23-15-14-20(30)18-21(23)26-25(27(36)32-22-12-10-11-13-24(22)37-7-3)19(4)31-28-33-29(34-35(26)28)39-17-9-6-2/h10-15,18,26H,5-9,16-17H2,1-4H3,(H,32,36)(H,31,33,34). The van der Waals surface area contributed by atoms with E-state index in [0.717, 1.165) is 41.5 Å². The summed E-state index contributed by atoms with van der Waals surface area (Å²) in [6.07, 6.45) is 4.14. The number of benzene rings is 2. The number of allylic oxidation sites excluding steroid dienone is 1. The predicted molar refractivity (Wildman–Crippen MR) is 161 cm³/mol. The van der Waals surface area contributed by atoms with E-state index in [1.807, 2.05) is 56.3 Å². The van der Waals surface area contributed by atoms with Crippen LogP contribution in [0.5, 0.6) is 11.5 Å². The van der Waals surface area contributed by atoms with Gasteiger partial charge < -0.3 is 20.1 Å². The van der Waals surface area contributed by atoms with Crippen LogP contribution in [-0.2, 0) is 4.79 Å². The number of unbranched alkanes of at least 4 members (excludes halogenated alkanes) is 2. The fraction of sp³-hybridized carbons (Fsp3) is 0.414. The molecule has 10 heteroatoms. The molecule has 1 amide bonds. The summed E-state index contributed by atoms with van der Waals surface area (Å²) in [5.41, 5.74) is 2.68. The average molecular weight is 615 g/mol. The monoisotopic (exact) mass is 613 g/mol. The van der Waals surface area contributed by atoms with Crippen molar-refractivity contribution in [1.29, 1.82) is 0 Å². The fourth-order valence-electron chi connectivity index (χ4n) is 4.31. The van der Waals surface area contributed by atoms with Crippen molar-refractivity contribution in [1.82, 2.24) is 14.8 Å². The van der Waals surface area contributed by atoms with Gasteiger partial charge in [-0.3, -0.25) is 4.79 Å². The number of nitrogens with zero attached hydrogens (tertiary/aromatic N) is 3. The van der Waals surface area contributed by atoms with Crippen LogP contribution < -0.4 is 20.1 Å². The van der Waals surface area contributed by atoms with Crippen molar-refractivity contribution < 1.29 is 14.3 Å². The van der Waals surface area contributed by atoms with E-state index in [1.54, 1.807) is 16.4 Å². The van der Waals surface area contributed by atoms with Crippen molar-refractivity contribution in [3.8, 4) is 11.5 Å². The van der Waals surface area contributed by atoms with E-state index < -0.39 is 6.04 Å². The van der Waals surface area contributed by atoms with Gasteiger partial charge in [0.25, 0.3) is 5.91 Å². The number of nitrogens with one attached hydrogen (secondary N) is 2. The van der Waals surface area contributed by atoms with Gasteiger partial charge in [0.2, 0.25) is 11.1 Å². The van der Waals surface area contributed by atoms with Crippen LogP contribution in [0, 0.1) is 0 Å². The number of rotatable bonds is 13. The molecule has 1 unspecified atom stereocenters. The van der Waals surface area contributed by atoms with Gasteiger partial charge >= 0.3 is 0 Å². The zero-order valence-electron chi connectivity index (χ0n) is 22.9. The predicted octanol–water partition coefficient (Wildman–Crippen LogP) is 7.44. The van der Waals surface area contributed by atoms with E-state index >= 15 is 0 Å². The Labute approximate surface area is 243 Å². The maximum Gasteiger partial charge on any atom is 0.255 e. The zero-order valence-corrected chi connectivity index (χ0v) is 25.3. The van der Waals surface area contributed by atoms with Crippen LogP contribution in [0.3, 0.4) is 0 Å². The fourth-order valence-corrected chi connectivity index (χ4v) is 5.60. The van der Waals surface area contributed by atoms with Gasteiger partial charge in [-0.1, -0.05) is 66.5 Å². The van der Waals surface area contributed by atoms with E-state index in [-0.39, 0.29) is 5.91 Å². The van der Waals surface area contributed by atoms with Crippen LogP contribution in [0.25, 0.3) is 0 Å². The van der Waals surface area contributed by atoms with Gasteiger partial charge in [0.15, 0.2) is 0 Å². The van der Waals surface area contributed by atoms with Crippen molar-refractivity contribution in [2.24, 2.45) is 0 Å². The lowest BCUT2D eigenvalue weighted by molar-refractivity contribution is -0.113. The minimum absolute atomic E-state index is 0.252. The molecule has 0 fully saturated rings. The Kier molecular flexibility index (Phi) is 10.3. The molecule has 3 aromatic rings. The van der Waals surface area contributed by atoms with Crippen molar-refractivity contribution in [2.75, 3.05) is 29.6 Å². The number of carbonyl (C=O) groups excluding carboxylic acids is 1. The molecule has 2 N–H and O–H groups in total. The van der Waals surface area contributed by atoms with Crippen LogP contribution in [0.1, 0.15) is 65.0 Å². The molecule has 0 bridgehead atoms. The van der Waals surface area contributed by atoms with Gasteiger partial charge in [-0.15, -0.1) is 5.10 Å². The quantitative estimate of drug-likeness (QED) is 0.153. The van der Waals surface area contributed by atoms with Gasteiger partial charge in [-0.05, 0) is 57.0 Å². The van der Waals surface area contributed by atoms with E-state index in [9.17, 15) is 4.79 Å². The number of amides is 1. The molecule has 1 aliphatic rings. The number of aromatic nitrogens is 3. The first-order valence-electron chi connectivity index (χ1n) is 13.5. The lowest BCUT2D eigenvalue weighted by atomic mass is 9.94. The highest BCUT2D eigenvalue weighted by molar-refractivity contribution is 9.10. The summed E-state index contributed by atoms with van der Waals surface area (Å²) in [6, 6.07) is 12.8. The maximum atomic E-state index is 14.0. The molecule has 4 rings (SSSR count). The van der Waals surface area contributed by atoms with Gasteiger partial charge in [-0.25, -0.2) is 4.68 Å². The molecule has 208 valence electrons. The Bertz CT molecular complexity index is 1330. The van der Waals surface area contributed by atoms with Crippen LogP contribution in [0.2, 0.25) is 0 Å². The Balaban J connectivity index is 1.79. The van der Waals surface area contributed by atoms with E-state index in [0.29, 0.717) is 52.8 Å².